The van der Waals surface area contributed by atoms with Crippen LogP contribution in [0.3, 0.4) is 0 Å². The van der Waals surface area contributed by atoms with Gasteiger partial charge in [0.05, 0.1) is 99.1 Å². The zero-order chi connectivity index (χ0) is 98.9. The molecule has 5 aliphatic rings. The summed E-state index contributed by atoms with van der Waals surface area (Å²) in [6.07, 6.45) is -11.0. The van der Waals surface area contributed by atoms with Crippen LogP contribution >= 0.6 is 34.8 Å². The maximum absolute atomic E-state index is 15.4. The molecule has 5 fully saturated rings. The summed E-state index contributed by atoms with van der Waals surface area (Å²) in [5.41, 5.74) is 3.12. The Balaban J connectivity index is 0.000000164. The van der Waals surface area contributed by atoms with Crippen molar-refractivity contribution in [1.29, 1.82) is 0 Å². The molecule has 5 heterocycles. The minimum absolute atomic E-state index is 0.0279. The Morgan fingerprint density at radius 1 is 0.321 bits per heavy atom. The molecule has 22 nitrogen and oxygen atoms in total. The van der Waals surface area contributed by atoms with E-state index in [2.05, 4.69) is 0 Å². The van der Waals surface area contributed by atoms with E-state index in [-0.39, 0.29) is 141 Å². The van der Waals surface area contributed by atoms with E-state index in [0.29, 0.717) is 32.8 Å². The van der Waals surface area contributed by atoms with Gasteiger partial charge in [-0.05, 0) is 142 Å². The minimum atomic E-state index is -1.89. The number of fused-ring (bicyclic) bond motifs is 4. The molecule has 140 heavy (non-hydrogen) atoms. The monoisotopic (exact) mass is 1990 g/mol. The molecule has 7 N–H and O–H groups in total. The van der Waals surface area contributed by atoms with Crippen molar-refractivity contribution in [3.05, 3.63) is 406 Å². The van der Waals surface area contributed by atoms with Crippen LogP contribution in [0.25, 0.3) is 0 Å². The highest BCUT2D eigenvalue weighted by Gasteiger charge is 2.71. The van der Waals surface area contributed by atoms with Crippen LogP contribution < -0.4 is 14.2 Å². The van der Waals surface area contributed by atoms with Crippen molar-refractivity contribution in [2.75, 3.05) is 66.6 Å². The van der Waals surface area contributed by atoms with Gasteiger partial charge in [-0.15, -0.1) is 0 Å². The average Bonchev–Trinajstić information content (AvgIpc) is 1.45. The van der Waals surface area contributed by atoms with E-state index in [1.807, 2.05) is 182 Å². The van der Waals surface area contributed by atoms with Gasteiger partial charge in [-0.3, -0.25) is 0 Å². The molecule has 31 heteroatoms. The summed E-state index contributed by atoms with van der Waals surface area (Å²) >= 11 is 19.7. The maximum Gasteiger partial charge on any atom is 0.225 e. The summed E-state index contributed by atoms with van der Waals surface area (Å²) in [5.74, 6) is -12.3. The number of benzene rings is 12. The number of methoxy groups -OCH3 is 1. The molecule has 0 saturated carbocycles. The molecule has 12 aromatic rings. The van der Waals surface area contributed by atoms with E-state index >= 15 is 8.78 Å². The highest BCUT2D eigenvalue weighted by Crippen LogP contribution is 2.56. The fourth-order valence-corrected chi connectivity index (χ4v) is 18.7. The van der Waals surface area contributed by atoms with Gasteiger partial charge in [-0.25, -0.2) is 13.2 Å². The van der Waals surface area contributed by atoms with E-state index in [9.17, 15) is 53.3 Å². The Morgan fingerprint density at radius 2 is 0.636 bits per heavy atom. The zero-order valence-corrected chi connectivity index (χ0v) is 79.3. The molecule has 740 valence electrons. The normalized spacial score (nSPS) is 24.3. The fourth-order valence-electron chi connectivity index (χ4n) is 18.1. The Morgan fingerprint density at radius 3 is 1.00 bits per heavy atom. The predicted molar refractivity (Wildman–Crippen MR) is 507 cm³/mol. The van der Waals surface area contributed by atoms with Crippen LogP contribution in [-0.2, 0) is 133 Å². The van der Waals surface area contributed by atoms with Crippen LogP contribution in [0.5, 0.6) is 17.2 Å². The molecule has 0 spiro atoms. The lowest BCUT2D eigenvalue weighted by atomic mass is 9.80. The standard InChI is InChI=1S/C44H45ClF2O8.C43H41ClF2O7.C22H23ClF2O7/c1-3-51-37-22-19-33(38(46)39(37)47)23-34-24-35(20-21-36(34)45)44(50-2)42(54-27-32-17-11-6-12-18-32)40(52-25-30-13-7-4-8-14-30)41(43(28-48,29-49)55-44)53-26-31-15-9-5-10-16-31;1-2-48-36-21-18-32(37(45)38(36)46)22-33-23-34(19-20-35(33)44)43-41(51-26-31-16-10-5-11-17-31)39(49-24-29-12-6-3-7-13-29)40(42(27-47,53-43)28-52-43)50-25-30-14-8-4-9-15-30;1-2-30-15-6-3-11(16(24)17(15)25)7-12-8-13(4-5-14(12)23)22-20(29)18(27)19(28)21(9-26,32-22)10-31-22/h4-22,24,40-42,48-49H,3,23,25-29H2,1-2H3;3-21,23,39-41,47H,2,22,24-28H2,1H3;3-6,8,18-20,26-29H,2,7,9-10H2,1H3/t40-,41-,42+,44-;39-,40-,41+,42+,43+;18-,19-,20+,21+,22+/m000/s1. The predicted octanol–water partition coefficient (Wildman–Crippen LogP) is 17.9. The molecule has 17 rings (SSSR count). The third kappa shape index (κ3) is 22.2. The first-order valence-corrected chi connectivity index (χ1v) is 46.9. The van der Waals surface area contributed by atoms with Crippen LogP contribution in [0.4, 0.5) is 26.3 Å². The number of rotatable bonds is 38. The van der Waals surface area contributed by atoms with Crippen molar-refractivity contribution in [2.24, 2.45) is 0 Å². The SMILES string of the molecule is CCOc1ccc(Cc2cc([C@@]34OC[C@@](CO)(O3)[C@@H](O)[C@H](O)[C@H]4O)ccc2Cl)c(F)c1F.CCOc1ccc(Cc2cc([C@@]34OC[C@@](CO)(O3)[C@@H](OCc3ccccc3)[C@H](OCc3ccccc3)[C@H]4OCc3ccccc3)ccc2Cl)c(F)c1F.CCOc1ccc(Cc2cc([C@]3(OC)OC(CO)(CO)[C@@H](OCc4ccccc4)[C@H](OCc4ccccc4)[C@H]3OCc3ccccc3)ccc2Cl)c(F)c1F. The van der Waals surface area contributed by atoms with Gasteiger partial charge in [-0.2, -0.15) is 13.2 Å². The Kier molecular flexibility index (Phi) is 34.8. The van der Waals surface area contributed by atoms with Gasteiger partial charge in [0, 0.05) is 58.1 Å². The average molecular weight is 1990 g/mol. The number of hydrogen-bond donors (Lipinski definition) is 7. The van der Waals surface area contributed by atoms with Crippen LogP contribution in [-0.4, -0.2) is 174 Å². The van der Waals surface area contributed by atoms with Gasteiger partial charge < -0.3 is 107 Å². The second-order valence-corrected chi connectivity index (χ2v) is 35.7. The molecule has 0 aromatic heterocycles. The summed E-state index contributed by atoms with van der Waals surface area (Å²) in [5, 5.41) is 75.3. The van der Waals surface area contributed by atoms with Crippen LogP contribution in [0.2, 0.25) is 15.1 Å². The molecular formula is C109H109Cl3F6O22. The van der Waals surface area contributed by atoms with Gasteiger partial charge in [0.2, 0.25) is 34.8 Å². The largest absolute Gasteiger partial charge is 0.491 e. The summed E-state index contributed by atoms with van der Waals surface area (Å²) in [7, 11) is 1.42. The summed E-state index contributed by atoms with van der Waals surface area (Å²) < 4.78 is 184. The molecule has 5 saturated heterocycles. The van der Waals surface area contributed by atoms with Crippen molar-refractivity contribution >= 4 is 34.8 Å². The Bertz CT molecular complexity index is 6090. The van der Waals surface area contributed by atoms with Crippen molar-refractivity contribution in [2.45, 2.75) is 169 Å². The highest BCUT2D eigenvalue weighted by atomic mass is 35.5. The summed E-state index contributed by atoms with van der Waals surface area (Å²) in [4.78, 5) is 0. The maximum atomic E-state index is 15.4. The van der Waals surface area contributed by atoms with Gasteiger partial charge in [0.1, 0.15) is 71.7 Å². The lowest BCUT2D eigenvalue weighted by Crippen LogP contribution is -2.72. The van der Waals surface area contributed by atoms with Crippen LogP contribution in [0.1, 0.15) is 104 Å². The number of halogens is 9. The fraction of sp³-hybridized carbons (Fsp3) is 0.339. The van der Waals surface area contributed by atoms with Gasteiger partial charge in [0.15, 0.2) is 34.7 Å². The third-order valence-corrected chi connectivity index (χ3v) is 26.6. The topological polar surface area (TPSA) is 280 Å². The number of hydrogen-bond acceptors (Lipinski definition) is 22. The van der Waals surface area contributed by atoms with E-state index < -0.39 is 150 Å². The van der Waals surface area contributed by atoms with Gasteiger partial charge >= 0.3 is 0 Å². The molecule has 12 aromatic carbocycles. The molecule has 5 aliphatic heterocycles. The van der Waals surface area contributed by atoms with Gasteiger partial charge in [0.25, 0.3) is 0 Å². The van der Waals surface area contributed by atoms with Crippen LogP contribution in [0, 0.1) is 34.9 Å². The number of aliphatic hydroxyl groups excluding tert-OH is 7. The lowest BCUT2D eigenvalue weighted by molar-refractivity contribution is -0.417. The van der Waals surface area contributed by atoms with E-state index in [1.54, 1.807) is 57.2 Å². The second-order valence-electron chi connectivity index (χ2n) is 34.5. The Labute approximate surface area is 822 Å². The summed E-state index contributed by atoms with van der Waals surface area (Å²) in [6.45, 7) is 3.71. The van der Waals surface area contributed by atoms with Crippen molar-refractivity contribution in [1.82, 2.24) is 0 Å². The molecule has 14 atom stereocenters. The molecule has 4 bridgehead atoms. The third-order valence-electron chi connectivity index (χ3n) is 25.5. The molecule has 0 aliphatic carbocycles. The molecular weight excluding hydrogens is 1880 g/mol. The van der Waals surface area contributed by atoms with Crippen LogP contribution in [0.15, 0.2) is 273 Å². The highest BCUT2D eigenvalue weighted by molar-refractivity contribution is 6.32. The first-order valence-electron chi connectivity index (χ1n) is 45.8. The summed E-state index contributed by atoms with van der Waals surface area (Å²) in [6, 6.07) is 80.7. The van der Waals surface area contributed by atoms with E-state index in [0.717, 1.165) is 33.4 Å². The quantitative estimate of drug-likeness (QED) is 0.0177. The number of ether oxygens (including phenoxy) is 15. The number of aliphatic hydroxyl groups is 7. The molecule has 0 unspecified atom stereocenters. The lowest BCUT2D eigenvalue weighted by Gasteiger charge is -2.56. The smallest absolute Gasteiger partial charge is 0.225 e. The molecule has 0 radical (unpaired) electrons. The zero-order valence-electron chi connectivity index (χ0n) is 77.1. The first kappa shape index (κ1) is 104. The van der Waals surface area contributed by atoms with E-state index in [1.165, 1.54) is 61.7 Å². The minimum Gasteiger partial charge on any atom is -0.491 e. The second kappa shape index (κ2) is 46.8. The van der Waals surface area contributed by atoms with Crippen molar-refractivity contribution in [3.8, 4) is 17.2 Å². The molecule has 0 amide bonds. The Hall–Kier alpha value is -10.3. The van der Waals surface area contributed by atoms with Crippen molar-refractivity contribution < 1.29 is 133 Å². The van der Waals surface area contributed by atoms with Crippen molar-refractivity contribution in [3.63, 3.8) is 0 Å². The first-order chi connectivity index (χ1) is 67.8. The van der Waals surface area contributed by atoms with E-state index in [4.69, 9.17) is 106 Å². The van der Waals surface area contributed by atoms with Gasteiger partial charge in [-0.1, -0.05) is 253 Å².